The maximum Gasteiger partial charge on any atom is 0.419 e. The number of piperazine rings is 1. The van der Waals surface area contributed by atoms with Gasteiger partial charge in [0.05, 0.1) is 50.7 Å². The molecule has 2 aromatic heterocycles. The first-order valence-corrected chi connectivity index (χ1v) is 14.6. The van der Waals surface area contributed by atoms with Gasteiger partial charge in [-0.2, -0.15) is 18.3 Å². The molecule has 14 heteroatoms. The van der Waals surface area contributed by atoms with Crippen LogP contribution >= 0.6 is 0 Å². The molecule has 1 fully saturated rings. The minimum absolute atomic E-state index is 0.0449. The number of anilines is 2. The van der Waals surface area contributed by atoms with Crippen LogP contribution in [-0.2, 0) is 28.7 Å². The van der Waals surface area contributed by atoms with E-state index in [9.17, 15) is 22.8 Å². The van der Waals surface area contributed by atoms with Gasteiger partial charge in [0.25, 0.3) is 5.56 Å². The van der Waals surface area contributed by atoms with Crippen LogP contribution in [0.1, 0.15) is 30.0 Å². The summed E-state index contributed by atoms with van der Waals surface area (Å²) in [4.78, 5) is 39.3. The molecule has 0 spiro atoms. The Morgan fingerprint density at radius 1 is 1.02 bits per heavy atom. The van der Waals surface area contributed by atoms with Gasteiger partial charge in [-0.05, 0) is 30.0 Å². The lowest BCUT2D eigenvalue weighted by Crippen LogP contribution is -2.49. The molecule has 236 valence electrons. The summed E-state index contributed by atoms with van der Waals surface area (Å²) in [5.41, 5.74) is 1.55. The number of amides is 1. The zero-order valence-corrected chi connectivity index (χ0v) is 24.8. The number of benzene rings is 1. The first kappa shape index (κ1) is 31.2. The molecule has 1 aromatic carbocycles. The molecule has 3 aromatic rings. The van der Waals surface area contributed by atoms with Gasteiger partial charge in [0.15, 0.2) is 0 Å². The quantitative estimate of drug-likeness (QED) is 0.319. The maximum absolute atomic E-state index is 13.3. The normalized spacial score (nSPS) is 17.0. The van der Waals surface area contributed by atoms with Gasteiger partial charge in [-0.15, -0.1) is 0 Å². The summed E-state index contributed by atoms with van der Waals surface area (Å²) >= 11 is 0. The highest BCUT2D eigenvalue weighted by Gasteiger charge is 2.32. The summed E-state index contributed by atoms with van der Waals surface area (Å²) < 4.78 is 50.8. The van der Waals surface area contributed by atoms with E-state index in [0.717, 1.165) is 41.5 Å². The number of ether oxygens (including phenoxy) is 2. The van der Waals surface area contributed by atoms with Crippen LogP contribution in [0, 0.1) is 5.92 Å². The first-order chi connectivity index (χ1) is 21.1. The number of hydrogen-bond donors (Lipinski definition) is 0. The number of rotatable bonds is 10. The fourth-order valence-corrected chi connectivity index (χ4v) is 5.48. The van der Waals surface area contributed by atoms with E-state index in [0.29, 0.717) is 58.2 Å². The Bertz CT molecular complexity index is 1470. The molecule has 4 heterocycles. The molecule has 0 aliphatic carbocycles. The molecular formula is C30H36F3N7O4. The van der Waals surface area contributed by atoms with E-state index in [2.05, 4.69) is 26.9 Å². The fourth-order valence-electron chi connectivity index (χ4n) is 5.48. The second-order valence-corrected chi connectivity index (χ2v) is 11.1. The summed E-state index contributed by atoms with van der Waals surface area (Å²) in [7, 11) is 1.61. The Kier molecular flexibility index (Phi) is 9.67. The fraction of sp³-hybridized carbons (Fsp3) is 0.500. The molecule has 0 N–H and O–H groups in total. The number of halogens is 3. The summed E-state index contributed by atoms with van der Waals surface area (Å²) in [5.74, 6) is 1.22. The van der Waals surface area contributed by atoms with E-state index in [-0.39, 0.29) is 30.4 Å². The lowest BCUT2D eigenvalue weighted by Gasteiger charge is -2.35. The van der Waals surface area contributed by atoms with Crippen LogP contribution in [0.3, 0.4) is 0 Å². The largest absolute Gasteiger partial charge is 0.497 e. The third-order valence-corrected chi connectivity index (χ3v) is 7.88. The van der Waals surface area contributed by atoms with Crippen LogP contribution < -0.4 is 20.1 Å². The molecule has 0 bridgehead atoms. The van der Waals surface area contributed by atoms with E-state index < -0.39 is 11.7 Å². The second-order valence-electron chi connectivity index (χ2n) is 11.1. The van der Waals surface area contributed by atoms with Gasteiger partial charge < -0.3 is 24.2 Å². The van der Waals surface area contributed by atoms with Gasteiger partial charge >= 0.3 is 6.18 Å². The van der Waals surface area contributed by atoms with Gasteiger partial charge in [-0.25, -0.2) is 14.6 Å². The van der Waals surface area contributed by atoms with Crippen LogP contribution in [0.25, 0.3) is 0 Å². The summed E-state index contributed by atoms with van der Waals surface area (Å²) in [6, 6.07) is 7.56. The van der Waals surface area contributed by atoms with E-state index in [4.69, 9.17) is 9.47 Å². The highest BCUT2D eigenvalue weighted by molar-refractivity contribution is 5.76. The molecule has 0 radical (unpaired) electrons. The van der Waals surface area contributed by atoms with Crippen molar-refractivity contribution in [3.05, 3.63) is 69.9 Å². The molecule has 5 rings (SSSR count). The lowest BCUT2D eigenvalue weighted by molar-refractivity contribution is -0.138. The number of hydrogen-bond acceptors (Lipinski definition) is 9. The van der Waals surface area contributed by atoms with Crippen molar-refractivity contribution < 1.29 is 27.4 Å². The topological polar surface area (TPSA) is 106 Å². The van der Waals surface area contributed by atoms with Crippen LogP contribution in [-0.4, -0.2) is 90.1 Å². The number of fused-ring (bicyclic) bond motifs is 1. The molecule has 1 atom stereocenters. The second kappa shape index (κ2) is 13.6. The Hall–Kier alpha value is -4.20. The van der Waals surface area contributed by atoms with Crippen molar-refractivity contribution in [2.24, 2.45) is 5.92 Å². The average molecular weight is 616 g/mol. The average Bonchev–Trinajstić information content (AvgIpc) is 3.02. The Balaban J connectivity index is 1.06. The van der Waals surface area contributed by atoms with Crippen molar-refractivity contribution in [3.63, 3.8) is 0 Å². The standard InChI is InChI=1S/C30H36F3N7O4/c1-21-15-25-26(18-36-40(28(25)42)20-22-3-5-24(43-2)6-4-22)39(19-21)12-14-44-13-7-27(41)37-8-10-38(11-9-37)29-34-16-23(17-35-29)30(31,32)33/h3-6,16-18,21H,7-15,19-20H2,1-2H3. The maximum atomic E-state index is 13.3. The van der Waals surface area contributed by atoms with E-state index in [1.807, 2.05) is 24.3 Å². The molecule has 1 unspecified atom stereocenters. The minimum atomic E-state index is -4.48. The van der Waals surface area contributed by atoms with Gasteiger partial charge in [-0.3, -0.25) is 9.59 Å². The molecule has 2 aliphatic heterocycles. The number of carbonyl (C=O) groups is 1. The number of nitrogens with zero attached hydrogens (tertiary/aromatic N) is 7. The van der Waals surface area contributed by atoms with Crippen LogP contribution in [0.15, 0.2) is 47.7 Å². The Morgan fingerprint density at radius 2 is 1.73 bits per heavy atom. The number of aromatic nitrogens is 4. The predicted octanol–water partition coefficient (Wildman–Crippen LogP) is 2.86. The van der Waals surface area contributed by atoms with E-state index in [1.165, 1.54) is 4.68 Å². The molecular weight excluding hydrogens is 579 g/mol. The molecule has 0 saturated carbocycles. The zero-order chi connectivity index (χ0) is 31.3. The third kappa shape index (κ3) is 7.47. The van der Waals surface area contributed by atoms with Gasteiger partial charge in [-0.1, -0.05) is 19.1 Å². The molecule has 11 nitrogen and oxygen atoms in total. The van der Waals surface area contributed by atoms with Crippen LogP contribution in [0.5, 0.6) is 5.75 Å². The number of alkyl halides is 3. The SMILES string of the molecule is COc1ccc(Cn2ncc3c(c2=O)CC(C)CN3CCOCCC(=O)N2CCN(c3ncc(C(F)(F)F)cn3)CC2)cc1. The van der Waals surface area contributed by atoms with Crippen molar-refractivity contribution in [3.8, 4) is 5.75 Å². The van der Waals surface area contributed by atoms with Crippen LogP contribution in [0.4, 0.5) is 24.8 Å². The number of carbonyl (C=O) groups excluding carboxylic acids is 1. The monoisotopic (exact) mass is 615 g/mol. The van der Waals surface area contributed by atoms with Gasteiger partial charge in [0.1, 0.15) is 5.75 Å². The number of methoxy groups -OCH3 is 1. The van der Waals surface area contributed by atoms with Crippen LogP contribution in [0.2, 0.25) is 0 Å². The van der Waals surface area contributed by atoms with Crippen molar-refractivity contribution >= 4 is 17.5 Å². The van der Waals surface area contributed by atoms with Gasteiger partial charge in [0.2, 0.25) is 11.9 Å². The third-order valence-electron chi connectivity index (χ3n) is 7.88. The lowest BCUT2D eigenvalue weighted by atomic mass is 9.95. The Morgan fingerprint density at radius 3 is 2.39 bits per heavy atom. The van der Waals surface area contributed by atoms with Crippen molar-refractivity contribution in [2.45, 2.75) is 32.5 Å². The molecule has 1 saturated heterocycles. The Labute approximate surface area is 253 Å². The molecule has 1 amide bonds. The summed E-state index contributed by atoms with van der Waals surface area (Å²) in [6.45, 7) is 6.22. The predicted molar refractivity (Wildman–Crippen MR) is 157 cm³/mol. The molecule has 44 heavy (non-hydrogen) atoms. The van der Waals surface area contributed by atoms with Crippen molar-refractivity contribution in [1.29, 1.82) is 0 Å². The van der Waals surface area contributed by atoms with E-state index in [1.54, 1.807) is 23.1 Å². The van der Waals surface area contributed by atoms with E-state index >= 15 is 0 Å². The summed E-state index contributed by atoms with van der Waals surface area (Å²) in [5, 5.41) is 4.45. The zero-order valence-electron chi connectivity index (χ0n) is 24.8. The minimum Gasteiger partial charge on any atom is -0.497 e. The highest BCUT2D eigenvalue weighted by atomic mass is 19.4. The summed E-state index contributed by atoms with van der Waals surface area (Å²) in [6.07, 6.45) is -0.272. The van der Waals surface area contributed by atoms with Crippen molar-refractivity contribution in [1.82, 2.24) is 24.6 Å². The first-order valence-electron chi connectivity index (χ1n) is 14.6. The van der Waals surface area contributed by atoms with Gasteiger partial charge in [0, 0.05) is 57.2 Å². The highest BCUT2D eigenvalue weighted by Crippen LogP contribution is 2.29. The van der Waals surface area contributed by atoms with Crippen molar-refractivity contribution in [2.75, 3.05) is 69.4 Å². The molecule has 2 aliphatic rings. The smallest absolute Gasteiger partial charge is 0.419 e.